The minimum absolute atomic E-state index is 0.190. The van der Waals surface area contributed by atoms with Gasteiger partial charge in [0.05, 0.1) is 11.1 Å². The van der Waals surface area contributed by atoms with Crippen molar-refractivity contribution in [1.82, 2.24) is 5.43 Å². The molecule has 0 radical (unpaired) electrons. The number of carboxylic acids is 2. The van der Waals surface area contributed by atoms with Gasteiger partial charge in [0.2, 0.25) is 0 Å². The van der Waals surface area contributed by atoms with Gasteiger partial charge in [-0.2, -0.15) is 0 Å². The first kappa shape index (κ1) is 13.1. The molecule has 1 aromatic carbocycles. The summed E-state index contributed by atoms with van der Waals surface area (Å²) in [5, 5.41) is 17.1. The first-order chi connectivity index (χ1) is 7.04. The van der Waals surface area contributed by atoms with Crippen molar-refractivity contribution in [3.05, 3.63) is 35.4 Å². The third-order valence-electron chi connectivity index (χ3n) is 1.39. The Morgan fingerprint density at radius 2 is 1.40 bits per heavy atom. The van der Waals surface area contributed by atoms with E-state index in [9.17, 15) is 9.59 Å². The molecule has 0 heterocycles. The van der Waals surface area contributed by atoms with Crippen LogP contribution in [0.15, 0.2) is 24.3 Å². The minimum Gasteiger partial charge on any atom is -0.478 e. The maximum Gasteiger partial charge on any atom is 0.336 e. The van der Waals surface area contributed by atoms with Crippen LogP contribution in [-0.2, 0) is 0 Å². The molecule has 0 saturated heterocycles. The first-order valence-corrected chi connectivity index (χ1v) is 3.97. The fourth-order valence-electron chi connectivity index (χ4n) is 0.856. The van der Waals surface area contributed by atoms with Crippen LogP contribution >= 0.6 is 0 Å². The highest BCUT2D eigenvalue weighted by Crippen LogP contribution is 2.07. The summed E-state index contributed by atoms with van der Waals surface area (Å²) in [6.45, 7) is 0. The van der Waals surface area contributed by atoms with Gasteiger partial charge in [0.25, 0.3) is 0 Å². The van der Waals surface area contributed by atoms with Crippen LogP contribution in [0.5, 0.6) is 0 Å². The highest BCUT2D eigenvalue weighted by molar-refractivity contribution is 6.01. The van der Waals surface area contributed by atoms with Gasteiger partial charge < -0.3 is 10.2 Å². The molecule has 15 heavy (non-hydrogen) atoms. The minimum atomic E-state index is -1.23. The quantitative estimate of drug-likeness (QED) is 0.410. The molecule has 5 N–H and O–H groups in total. The van der Waals surface area contributed by atoms with E-state index < -0.39 is 11.9 Å². The summed E-state index contributed by atoms with van der Waals surface area (Å²) < 4.78 is 0. The van der Waals surface area contributed by atoms with E-state index in [1.54, 1.807) is 7.05 Å². The molecule has 0 aliphatic rings. The first-order valence-electron chi connectivity index (χ1n) is 3.97. The van der Waals surface area contributed by atoms with Gasteiger partial charge in [0.1, 0.15) is 0 Å². The summed E-state index contributed by atoms with van der Waals surface area (Å²) in [7, 11) is 1.65. The van der Waals surface area contributed by atoms with E-state index in [-0.39, 0.29) is 11.1 Å². The molecule has 0 spiro atoms. The van der Waals surface area contributed by atoms with Crippen LogP contribution < -0.4 is 11.3 Å². The molecule has 0 bridgehead atoms. The number of nitrogens with two attached hydrogens (primary N) is 1. The van der Waals surface area contributed by atoms with E-state index in [0.717, 1.165) is 0 Å². The summed E-state index contributed by atoms with van der Waals surface area (Å²) in [6.07, 6.45) is 0. The van der Waals surface area contributed by atoms with Gasteiger partial charge in [-0.25, -0.2) is 9.59 Å². The van der Waals surface area contributed by atoms with E-state index >= 15 is 0 Å². The van der Waals surface area contributed by atoms with Crippen LogP contribution in [0.2, 0.25) is 0 Å². The zero-order valence-electron chi connectivity index (χ0n) is 8.10. The van der Waals surface area contributed by atoms with Crippen LogP contribution in [0.3, 0.4) is 0 Å². The van der Waals surface area contributed by atoms with Crippen molar-refractivity contribution >= 4 is 11.9 Å². The zero-order chi connectivity index (χ0) is 11.8. The smallest absolute Gasteiger partial charge is 0.336 e. The Morgan fingerprint density at radius 1 is 1.13 bits per heavy atom. The van der Waals surface area contributed by atoms with Crippen molar-refractivity contribution in [1.29, 1.82) is 0 Å². The lowest BCUT2D eigenvalue weighted by molar-refractivity contribution is 0.0651. The summed E-state index contributed by atoms with van der Waals surface area (Å²) in [4.78, 5) is 20.9. The molecule has 0 saturated carbocycles. The highest BCUT2D eigenvalue weighted by Gasteiger charge is 2.13. The second-order valence-electron chi connectivity index (χ2n) is 2.44. The topological polar surface area (TPSA) is 113 Å². The van der Waals surface area contributed by atoms with E-state index in [2.05, 4.69) is 11.3 Å². The number of aromatic carboxylic acids is 2. The summed E-state index contributed by atoms with van der Waals surface area (Å²) in [6, 6.07) is 5.48. The van der Waals surface area contributed by atoms with Gasteiger partial charge in [-0.05, 0) is 19.2 Å². The number of hydrogen-bond acceptors (Lipinski definition) is 4. The molecule has 82 valence electrons. The van der Waals surface area contributed by atoms with Crippen molar-refractivity contribution in [3.63, 3.8) is 0 Å². The van der Waals surface area contributed by atoms with Crippen molar-refractivity contribution in [2.45, 2.75) is 0 Å². The lowest BCUT2D eigenvalue weighted by Gasteiger charge is -1.98. The lowest BCUT2D eigenvalue weighted by atomic mass is 10.1. The standard InChI is InChI=1S/C8H6O4.CH6N2/c9-7(10)5-3-1-2-4-6(5)8(11)12;1-3-2/h1-4H,(H,9,10)(H,11,12);3H,2H2,1H3. The average Bonchev–Trinajstić information content (AvgIpc) is 2.19. The molecule has 6 nitrogen and oxygen atoms in total. The predicted octanol–water partition coefficient (Wildman–Crippen LogP) is 0.162. The largest absolute Gasteiger partial charge is 0.478 e. The maximum absolute atomic E-state index is 10.5. The molecule has 0 fully saturated rings. The fraction of sp³-hybridized carbons (Fsp3) is 0.111. The van der Waals surface area contributed by atoms with E-state index in [4.69, 9.17) is 10.2 Å². The molecule has 1 aromatic rings. The Bertz CT molecular complexity index is 319. The Hall–Kier alpha value is -1.92. The SMILES string of the molecule is CNN.O=C(O)c1ccccc1C(=O)O. The van der Waals surface area contributed by atoms with Crippen molar-refractivity contribution in [2.24, 2.45) is 5.84 Å². The Kier molecular flexibility index (Phi) is 5.69. The molecular weight excluding hydrogens is 200 g/mol. The van der Waals surface area contributed by atoms with Gasteiger partial charge in [-0.3, -0.25) is 11.3 Å². The van der Waals surface area contributed by atoms with Crippen molar-refractivity contribution in [2.75, 3.05) is 7.05 Å². The van der Waals surface area contributed by atoms with Crippen LogP contribution in [0, 0.1) is 0 Å². The van der Waals surface area contributed by atoms with Crippen LogP contribution in [0.25, 0.3) is 0 Å². The maximum atomic E-state index is 10.5. The fourth-order valence-corrected chi connectivity index (χ4v) is 0.856. The molecule has 0 unspecified atom stereocenters. The van der Waals surface area contributed by atoms with E-state index in [1.807, 2.05) is 0 Å². The zero-order valence-corrected chi connectivity index (χ0v) is 8.10. The second-order valence-corrected chi connectivity index (χ2v) is 2.44. The second kappa shape index (κ2) is 6.52. The number of carbonyl (C=O) groups is 2. The molecule has 0 atom stereocenters. The lowest BCUT2D eigenvalue weighted by Crippen LogP contribution is -2.13. The molecule has 1 rings (SSSR count). The molecular formula is C9H12N2O4. The van der Waals surface area contributed by atoms with Gasteiger partial charge in [-0.15, -0.1) is 0 Å². The van der Waals surface area contributed by atoms with Crippen LogP contribution in [-0.4, -0.2) is 29.2 Å². The van der Waals surface area contributed by atoms with Crippen molar-refractivity contribution < 1.29 is 19.8 Å². The van der Waals surface area contributed by atoms with Crippen molar-refractivity contribution in [3.8, 4) is 0 Å². The molecule has 0 aliphatic carbocycles. The molecule has 0 amide bonds. The number of rotatable bonds is 2. The summed E-state index contributed by atoms with van der Waals surface area (Å²) in [5.74, 6) is 2.14. The van der Waals surface area contributed by atoms with E-state index in [1.165, 1.54) is 24.3 Å². The number of carboxylic acid groups (broad SMARTS) is 2. The highest BCUT2D eigenvalue weighted by atomic mass is 16.4. The Labute approximate surface area is 86.3 Å². The van der Waals surface area contributed by atoms with E-state index in [0.29, 0.717) is 0 Å². The number of nitrogens with one attached hydrogen (secondary N) is 1. The monoisotopic (exact) mass is 212 g/mol. The average molecular weight is 212 g/mol. The number of hydrazine groups is 1. The molecule has 0 aliphatic heterocycles. The number of benzene rings is 1. The van der Waals surface area contributed by atoms with Gasteiger partial charge in [0, 0.05) is 0 Å². The Balaban J connectivity index is 0.000000583. The molecule has 6 heteroatoms. The summed E-state index contributed by atoms with van der Waals surface area (Å²) >= 11 is 0. The summed E-state index contributed by atoms with van der Waals surface area (Å²) in [5.41, 5.74) is 1.87. The van der Waals surface area contributed by atoms with Crippen LogP contribution in [0.1, 0.15) is 20.7 Å². The van der Waals surface area contributed by atoms with Gasteiger partial charge in [-0.1, -0.05) is 12.1 Å². The Morgan fingerprint density at radius 3 is 1.60 bits per heavy atom. The number of hydrogen-bond donors (Lipinski definition) is 4. The third-order valence-corrected chi connectivity index (χ3v) is 1.39. The van der Waals surface area contributed by atoms with Crippen LogP contribution in [0.4, 0.5) is 0 Å². The molecule has 0 aromatic heterocycles. The normalized spacial score (nSPS) is 8.67. The van der Waals surface area contributed by atoms with Gasteiger partial charge in [0.15, 0.2) is 0 Å². The third kappa shape index (κ3) is 4.21. The van der Waals surface area contributed by atoms with Gasteiger partial charge >= 0.3 is 11.9 Å². The predicted molar refractivity (Wildman–Crippen MR) is 53.6 cm³/mol.